The van der Waals surface area contributed by atoms with Gasteiger partial charge in [-0.1, -0.05) is 31.4 Å². The lowest BCUT2D eigenvalue weighted by Crippen LogP contribution is -3.17. The van der Waals surface area contributed by atoms with Gasteiger partial charge in [0.15, 0.2) is 0 Å². The van der Waals surface area contributed by atoms with Gasteiger partial charge in [0, 0.05) is 43.3 Å². The lowest BCUT2D eigenvalue weighted by molar-refractivity contribution is -0.954. The average Bonchev–Trinajstić information content (AvgIpc) is 2.86. The van der Waals surface area contributed by atoms with Crippen LogP contribution in [0.3, 0.4) is 0 Å². The van der Waals surface area contributed by atoms with Crippen molar-refractivity contribution in [3.8, 4) is 0 Å². The van der Waals surface area contributed by atoms with Crippen molar-refractivity contribution in [2.75, 3.05) is 0 Å². The van der Waals surface area contributed by atoms with Crippen LogP contribution in [0.2, 0.25) is 0 Å². The predicted molar refractivity (Wildman–Crippen MR) is 99.4 cm³/mol. The molecule has 5 heteroatoms. The minimum atomic E-state index is -0.168. The van der Waals surface area contributed by atoms with E-state index in [1.54, 1.807) is 17.0 Å². The van der Waals surface area contributed by atoms with Crippen LogP contribution in [0.5, 0.6) is 0 Å². The summed E-state index contributed by atoms with van der Waals surface area (Å²) in [6, 6.07) is 8.84. The van der Waals surface area contributed by atoms with Crippen LogP contribution in [-0.4, -0.2) is 30.2 Å². The van der Waals surface area contributed by atoms with Gasteiger partial charge in [-0.3, -0.25) is 0 Å². The summed E-state index contributed by atoms with van der Waals surface area (Å²) in [5, 5.41) is 6.43. The molecule has 2 saturated heterocycles. The highest BCUT2D eigenvalue weighted by Gasteiger charge is 2.44. The summed E-state index contributed by atoms with van der Waals surface area (Å²) in [6.07, 6.45) is 10.6. The Morgan fingerprint density at radius 2 is 1.54 bits per heavy atom. The molecule has 4 nitrogen and oxygen atoms in total. The van der Waals surface area contributed by atoms with Crippen molar-refractivity contribution in [3.63, 3.8) is 0 Å². The maximum atomic E-state index is 13.1. The van der Waals surface area contributed by atoms with E-state index in [2.05, 4.69) is 10.6 Å². The van der Waals surface area contributed by atoms with Crippen LogP contribution < -0.4 is 15.5 Å². The van der Waals surface area contributed by atoms with E-state index in [0.717, 1.165) is 32.2 Å². The van der Waals surface area contributed by atoms with E-state index in [-0.39, 0.29) is 11.8 Å². The number of urea groups is 1. The maximum Gasteiger partial charge on any atom is 0.315 e. The summed E-state index contributed by atoms with van der Waals surface area (Å²) in [5.41, 5.74) is 1.21. The molecule has 4 atom stereocenters. The average molecular weight is 360 g/mol. The molecule has 1 aromatic rings. The van der Waals surface area contributed by atoms with Crippen molar-refractivity contribution in [3.05, 3.63) is 35.6 Å². The summed E-state index contributed by atoms with van der Waals surface area (Å²) in [6.45, 7) is 0.969. The van der Waals surface area contributed by atoms with Crippen LogP contribution in [0.15, 0.2) is 24.3 Å². The van der Waals surface area contributed by atoms with Gasteiger partial charge in [0.2, 0.25) is 0 Å². The predicted octanol–water partition coefficient (Wildman–Crippen LogP) is 2.54. The minimum Gasteiger partial charge on any atom is -0.335 e. The number of halogens is 1. The molecule has 1 saturated carbocycles. The fraction of sp³-hybridized carbons (Fsp3) is 0.667. The number of amides is 2. The Labute approximate surface area is 155 Å². The van der Waals surface area contributed by atoms with Crippen molar-refractivity contribution >= 4 is 6.03 Å². The number of rotatable bonds is 4. The fourth-order valence-electron chi connectivity index (χ4n) is 5.33. The SMILES string of the molecule is O=C(NC1CCCCC1)NC1C[C@H]2CC[C@@H](C1)[NH+]2Cc1ccc(F)cc1. The molecule has 0 aromatic heterocycles. The first-order valence-corrected chi connectivity index (χ1v) is 10.3. The van der Waals surface area contributed by atoms with E-state index in [4.69, 9.17) is 0 Å². The smallest absolute Gasteiger partial charge is 0.315 e. The Morgan fingerprint density at radius 1 is 0.923 bits per heavy atom. The zero-order valence-corrected chi connectivity index (χ0v) is 15.5. The van der Waals surface area contributed by atoms with Crippen molar-refractivity contribution in [2.45, 2.75) is 88.5 Å². The highest BCUT2D eigenvalue weighted by atomic mass is 19.1. The third-order valence-electron chi connectivity index (χ3n) is 6.65. The van der Waals surface area contributed by atoms with Crippen LogP contribution >= 0.6 is 0 Å². The van der Waals surface area contributed by atoms with Gasteiger partial charge >= 0.3 is 6.03 Å². The first-order chi connectivity index (χ1) is 12.7. The highest BCUT2D eigenvalue weighted by Crippen LogP contribution is 2.24. The second-order valence-corrected chi connectivity index (χ2v) is 8.47. The summed E-state index contributed by atoms with van der Waals surface area (Å²) in [4.78, 5) is 14.0. The molecule has 2 unspecified atom stereocenters. The highest BCUT2D eigenvalue weighted by molar-refractivity contribution is 5.74. The number of hydrogen-bond acceptors (Lipinski definition) is 1. The first-order valence-electron chi connectivity index (χ1n) is 10.3. The van der Waals surface area contributed by atoms with E-state index < -0.39 is 0 Å². The summed E-state index contributed by atoms with van der Waals surface area (Å²) < 4.78 is 13.1. The molecule has 2 aliphatic heterocycles. The molecule has 2 bridgehead atoms. The molecule has 2 amide bonds. The molecule has 3 fully saturated rings. The van der Waals surface area contributed by atoms with Crippen LogP contribution in [0, 0.1) is 5.82 Å². The van der Waals surface area contributed by atoms with Gasteiger partial charge in [0.25, 0.3) is 0 Å². The van der Waals surface area contributed by atoms with E-state index >= 15 is 0 Å². The molecule has 0 spiro atoms. The minimum absolute atomic E-state index is 0.0308. The lowest BCUT2D eigenvalue weighted by Gasteiger charge is -2.36. The molecule has 2 heterocycles. The quantitative estimate of drug-likeness (QED) is 0.759. The van der Waals surface area contributed by atoms with Crippen molar-refractivity contribution in [1.82, 2.24) is 10.6 Å². The van der Waals surface area contributed by atoms with Gasteiger partial charge < -0.3 is 15.5 Å². The Hall–Kier alpha value is -1.62. The molecular formula is C21H31FN3O+. The Balaban J connectivity index is 1.28. The Kier molecular flexibility index (Phi) is 5.44. The van der Waals surface area contributed by atoms with Gasteiger partial charge in [-0.25, -0.2) is 9.18 Å². The molecule has 1 aliphatic carbocycles. The van der Waals surface area contributed by atoms with Gasteiger partial charge in [-0.2, -0.15) is 0 Å². The molecule has 0 radical (unpaired) electrons. The van der Waals surface area contributed by atoms with Gasteiger partial charge in [0.05, 0.1) is 12.1 Å². The number of benzene rings is 1. The number of carbonyl (C=O) groups excluding carboxylic acids is 1. The van der Waals surface area contributed by atoms with Crippen LogP contribution in [0.4, 0.5) is 9.18 Å². The molecule has 26 heavy (non-hydrogen) atoms. The third-order valence-corrected chi connectivity index (χ3v) is 6.65. The number of quaternary nitrogens is 1. The summed E-state index contributed by atoms with van der Waals surface area (Å²) in [7, 11) is 0. The van der Waals surface area contributed by atoms with E-state index in [1.807, 2.05) is 12.1 Å². The van der Waals surface area contributed by atoms with Crippen molar-refractivity contribution in [1.29, 1.82) is 0 Å². The number of carbonyl (C=O) groups is 1. The monoisotopic (exact) mass is 360 g/mol. The van der Waals surface area contributed by atoms with Gasteiger partial charge in [-0.15, -0.1) is 0 Å². The van der Waals surface area contributed by atoms with Crippen LogP contribution in [0.1, 0.15) is 63.4 Å². The van der Waals surface area contributed by atoms with E-state index in [1.165, 1.54) is 37.7 Å². The Bertz CT molecular complexity index is 600. The lowest BCUT2D eigenvalue weighted by atomic mass is 9.95. The number of nitrogens with one attached hydrogen (secondary N) is 3. The largest absolute Gasteiger partial charge is 0.335 e. The summed E-state index contributed by atoms with van der Waals surface area (Å²) >= 11 is 0. The Morgan fingerprint density at radius 3 is 2.19 bits per heavy atom. The molecule has 142 valence electrons. The maximum absolute atomic E-state index is 13.1. The van der Waals surface area contributed by atoms with Crippen LogP contribution in [-0.2, 0) is 6.54 Å². The number of fused-ring (bicyclic) bond motifs is 2. The fourth-order valence-corrected chi connectivity index (χ4v) is 5.33. The molecular weight excluding hydrogens is 329 g/mol. The van der Waals surface area contributed by atoms with Crippen molar-refractivity contribution < 1.29 is 14.1 Å². The van der Waals surface area contributed by atoms with Crippen molar-refractivity contribution in [2.24, 2.45) is 0 Å². The van der Waals surface area contributed by atoms with Gasteiger partial charge in [0.1, 0.15) is 12.4 Å². The normalized spacial score (nSPS) is 31.6. The first kappa shape index (κ1) is 17.8. The second kappa shape index (κ2) is 7.95. The number of piperidine rings is 1. The topological polar surface area (TPSA) is 45.6 Å². The number of hydrogen-bond donors (Lipinski definition) is 3. The van der Waals surface area contributed by atoms with Crippen LogP contribution in [0.25, 0.3) is 0 Å². The zero-order chi connectivity index (χ0) is 17.9. The second-order valence-electron chi connectivity index (χ2n) is 8.47. The third kappa shape index (κ3) is 4.20. The van der Waals surface area contributed by atoms with Gasteiger partial charge in [-0.05, 0) is 25.0 Å². The van der Waals surface area contributed by atoms with E-state index in [0.29, 0.717) is 24.2 Å². The molecule has 4 rings (SSSR count). The standard InChI is InChI=1S/C21H30FN3O/c22-16-8-6-15(7-9-16)14-25-19-10-11-20(25)13-18(12-19)24-21(26)23-17-4-2-1-3-5-17/h6-9,17-20H,1-5,10-14H2,(H2,23,24,26)/p+1/t18?,19-,20+. The molecule has 1 aromatic carbocycles. The zero-order valence-electron chi connectivity index (χ0n) is 15.5. The summed E-state index contributed by atoms with van der Waals surface area (Å²) in [5.74, 6) is -0.168. The molecule has 3 aliphatic rings. The molecule has 3 N–H and O–H groups in total. The van der Waals surface area contributed by atoms with E-state index in [9.17, 15) is 9.18 Å².